The average molecular weight is 256 g/mol. The monoisotopic (exact) mass is 256 g/mol. The van der Waals surface area contributed by atoms with Crippen LogP contribution in [0.15, 0.2) is 24.5 Å². The molecule has 1 aliphatic rings. The molecule has 0 spiro atoms. The molecule has 3 rings (SSSR count). The van der Waals surface area contributed by atoms with Gasteiger partial charge in [-0.3, -0.25) is 4.98 Å². The first-order valence-corrected chi connectivity index (χ1v) is 6.86. The maximum absolute atomic E-state index is 4.55. The van der Waals surface area contributed by atoms with Gasteiger partial charge in [-0.15, -0.1) is 0 Å². The molecule has 19 heavy (non-hydrogen) atoms. The Morgan fingerprint density at radius 3 is 3.00 bits per heavy atom. The van der Waals surface area contributed by atoms with Gasteiger partial charge in [0.2, 0.25) is 0 Å². The molecule has 0 fully saturated rings. The Kier molecular flexibility index (Phi) is 3.11. The van der Waals surface area contributed by atoms with Crippen LogP contribution in [0, 0.1) is 6.92 Å². The zero-order valence-electron chi connectivity index (χ0n) is 11.7. The molecular formula is C15H20N4. The van der Waals surface area contributed by atoms with Gasteiger partial charge in [-0.1, -0.05) is 19.9 Å². The maximum Gasteiger partial charge on any atom is 0.105 e. The van der Waals surface area contributed by atoms with Crippen molar-refractivity contribution in [2.75, 3.05) is 0 Å². The van der Waals surface area contributed by atoms with Crippen molar-refractivity contribution in [3.63, 3.8) is 0 Å². The number of imidazole rings is 1. The van der Waals surface area contributed by atoms with Crippen molar-refractivity contribution in [1.29, 1.82) is 0 Å². The van der Waals surface area contributed by atoms with E-state index in [9.17, 15) is 0 Å². The van der Waals surface area contributed by atoms with Gasteiger partial charge < -0.3 is 9.88 Å². The molecule has 2 aromatic rings. The summed E-state index contributed by atoms with van der Waals surface area (Å²) in [6.07, 6.45) is 3.85. The molecule has 3 heterocycles. The van der Waals surface area contributed by atoms with Gasteiger partial charge >= 0.3 is 0 Å². The minimum Gasteiger partial charge on any atom is -0.329 e. The molecular weight excluding hydrogens is 236 g/mol. The Hall–Kier alpha value is -1.68. The molecule has 4 heteroatoms. The standard InChI is InChI=1S/C15H20N4/c1-10(2)15-13(5-4-6-16-15)14-9-19-11(3)17-7-12(19)8-18-14/h4-7,10,14,18H,8-9H2,1-3H3. The summed E-state index contributed by atoms with van der Waals surface area (Å²) in [7, 11) is 0. The number of nitrogens with one attached hydrogen (secondary N) is 1. The Bertz CT molecular complexity index is 586. The summed E-state index contributed by atoms with van der Waals surface area (Å²) in [5, 5.41) is 3.60. The fourth-order valence-corrected chi connectivity index (χ4v) is 2.80. The highest BCUT2D eigenvalue weighted by Crippen LogP contribution is 2.27. The van der Waals surface area contributed by atoms with Crippen molar-refractivity contribution in [3.05, 3.63) is 47.3 Å². The van der Waals surface area contributed by atoms with E-state index >= 15 is 0 Å². The Balaban J connectivity index is 1.95. The highest BCUT2D eigenvalue weighted by molar-refractivity contribution is 5.27. The van der Waals surface area contributed by atoms with Crippen molar-refractivity contribution in [3.8, 4) is 0 Å². The number of nitrogens with zero attached hydrogens (tertiary/aromatic N) is 3. The molecule has 0 bridgehead atoms. The lowest BCUT2D eigenvalue weighted by Crippen LogP contribution is -2.33. The predicted octanol–water partition coefficient (Wildman–Crippen LogP) is 2.55. The van der Waals surface area contributed by atoms with E-state index in [1.165, 1.54) is 17.0 Å². The topological polar surface area (TPSA) is 42.7 Å². The van der Waals surface area contributed by atoms with Crippen LogP contribution in [0.25, 0.3) is 0 Å². The van der Waals surface area contributed by atoms with Crippen molar-refractivity contribution in [2.24, 2.45) is 0 Å². The second-order valence-electron chi connectivity index (χ2n) is 5.47. The number of hydrogen-bond acceptors (Lipinski definition) is 3. The second-order valence-corrected chi connectivity index (χ2v) is 5.47. The van der Waals surface area contributed by atoms with E-state index in [0.717, 1.165) is 18.9 Å². The summed E-state index contributed by atoms with van der Waals surface area (Å²) < 4.78 is 2.30. The van der Waals surface area contributed by atoms with E-state index in [1.807, 2.05) is 18.5 Å². The molecule has 1 atom stereocenters. The van der Waals surface area contributed by atoms with Crippen LogP contribution in [-0.4, -0.2) is 14.5 Å². The number of hydrogen-bond donors (Lipinski definition) is 1. The van der Waals surface area contributed by atoms with Gasteiger partial charge in [0.05, 0.1) is 11.7 Å². The maximum atomic E-state index is 4.55. The SMILES string of the molecule is Cc1ncc2n1CC(c1cccnc1C(C)C)NC2. The summed E-state index contributed by atoms with van der Waals surface area (Å²) in [5.74, 6) is 1.54. The molecule has 0 amide bonds. The Labute approximate surface area is 113 Å². The van der Waals surface area contributed by atoms with Crippen LogP contribution in [0.5, 0.6) is 0 Å². The lowest BCUT2D eigenvalue weighted by molar-refractivity contribution is 0.394. The van der Waals surface area contributed by atoms with Gasteiger partial charge in [-0.2, -0.15) is 0 Å². The Morgan fingerprint density at radius 1 is 1.37 bits per heavy atom. The first-order chi connectivity index (χ1) is 9.16. The molecule has 2 aromatic heterocycles. The quantitative estimate of drug-likeness (QED) is 0.898. The summed E-state index contributed by atoms with van der Waals surface area (Å²) >= 11 is 0. The number of rotatable bonds is 2. The van der Waals surface area contributed by atoms with Crippen LogP contribution in [0.4, 0.5) is 0 Å². The summed E-state index contributed by atoms with van der Waals surface area (Å²) in [5.41, 5.74) is 3.78. The molecule has 1 aliphatic heterocycles. The van der Waals surface area contributed by atoms with Crippen molar-refractivity contribution in [1.82, 2.24) is 19.9 Å². The van der Waals surface area contributed by atoms with Crippen LogP contribution in [0.3, 0.4) is 0 Å². The van der Waals surface area contributed by atoms with Crippen LogP contribution in [0.2, 0.25) is 0 Å². The molecule has 0 radical (unpaired) electrons. The second kappa shape index (κ2) is 4.78. The van der Waals surface area contributed by atoms with Crippen molar-refractivity contribution in [2.45, 2.75) is 45.8 Å². The van der Waals surface area contributed by atoms with E-state index in [2.05, 4.69) is 46.7 Å². The van der Waals surface area contributed by atoms with E-state index in [1.54, 1.807) is 0 Å². The average Bonchev–Trinajstić information content (AvgIpc) is 2.80. The third-order valence-electron chi connectivity index (χ3n) is 3.83. The smallest absolute Gasteiger partial charge is 0.105 e. The molecule has 4 nitrogen and oxygen atoms in total. The van der Waals surface area contributed by atoms with E-state index < -0.39 is 0 Å². The van der Waals surface area contributed by atoms with E-state index in [4.69, 9.17) is 0 Å². The molecule has 0 aliphatic carbocycles. The third-order valence-corrected chi connectivity index (χ3v) is 3.83. The highest BCUT2D eigenvalue weighted by Gasteiger charge is 2.23. The molecule has 1 unspecified atom stereocenters. The van der Waals surface area contributed by atoms with Gasteiger partial charge in [0, 0.05) is 31.2 Å². The van der Waals surface area contributed by atoms with Crippen LogP contribution in [-0.2, 0) is 13.1 Å². The first-order valence-electron chi connectivity index (χ1n) is 6.86. The lowest BCUT2D eigenvalue weighted by Gasteiger charge is -2.28. The van der Waals surface area contributed by atoms with Crippen molar-refractivity contribution < 1.29 is 0 Å². The van der Waals surface area contributed by atoms with Crippen LogP contribution >= 0.6 is 0 Å². The predicted molar refractivity (Wildman–Crippen MR) is 74.9 cm³/mol. The van der Waals surface area contributed by atoms with E-state index in [-0.39, 0.29) is 0 Å². The van der Waals surface area contributed by atoms with Gasteiger partial charge in [-0.25, -0.2) is 4.98 Å². The molecule has 0 aromatic carbocycles. The number of aryl methyl sites for hydroxylation is 1. The van der Waals surface area contributed by atoms with Crippen LogP contribution < -0.4 is 5.32 Å². The minimum absolute atomic E-state index is 0.325. The zero-order chi connectivity index (χ0) is 13.4. The summed E-state index contributed by atoms with van der Waals surface area (Å²) in [6.45, 7) is 8.27. The van der Waals surface area contributed by atoms with Crippen LogP contribution in [0.1, 0.15) is 48.6 Å². The van der Waals surface area contributed by atoms with Gasteiger partial charge in [-0.05, 0) is 24.5 Å². The molecule has 100 valence electrons. The van der Waals surface area contributed by atoms with Gasteiger partial charge in [0.15, 0.2) is 0 Å². The van der Waals surface area contributed by atoms with E-state index in [0.29, 0.717) is 12.0 Å². The zero-order valence-corrected chi connectivity index (χ0v) is 11.7. The summed E-state index contributed by atoms with van der Waals surface area (Å²) in [6, 6.07) is 4.54. The minimum atomic E-state index is 0.325. The van der Waals surface area contributed by atoms with Gasteiger partial charge in [0.1, 0.15) is 5.82 Å². The van der Waals surface area contributed by atoms with Gasteiger partial charge in [0.25, 0.3) is 0 Å². The fourth-order valence-electron chi connectivity index (χ4n) is 2.80. The first kappa shape index (κ1) is 12.4. The number of pyridine rings is 1. The Morgan fingerprint density at radius 2 is 2.21 bits per heavy atom. The molecule has 1 N–H and O–H groups in total. The lowest BCUT2D eigenvalue weighted by atomic mass is 9.97. The number of fused-ring (bicyclic) bond motifs is 1. The fraction of sp³-hybridized carbons (Fsp3) is 0.467. The molecule has 0 saturated heterocycles. The van der Waals surface area contributed by atoms with Crippen molar-refractivity contribution >= 4 is 0 Å². The third kappa shape index (κ3) is 2.16. The molecule has 0 saturated carbocycles. The number of aromatic nitrogens is 3. The largest absolute Gasteiger partial charge is 0.329 e. The normalized spacial score (nSPS) is 18.6. The summed E-state index contributed by atoms with van der Waals surface area (Å²) in [4.78, 5) is 8.95. The highest BCUT2D eigenvalue weighted by atomic mass is 15.2.